The van der Waals surface area contributed by atoms with Gasteiger partial charge in [-0.3, -0.25) is 10.1 Å². The first kappa shape index (κ1) is 13.6. The van der Waals surface area contributed by atoms with Crippen molar-refractivity contribution in [3.8, 4) is 6.07 Å². The van der Waals surface area contributed by atoms with Crippen LogP contribution < -0.4 is 5.32 Å². The second-order valence-corrected chi connectivity index (χ2v) is 4.54. The number of aryl methyl sites for hydroxylation is 2. The molecule has 5 heteroatoms. The van der Waals surface area contributed by atoms with Crippen LogP contribution in [0.1, 0.15) is 16.7 Å². The van der Waals surface area contributed by atoms with Crippen LogP contribution in [0.2, 0.25) is 0 Å². The minimum Gasteiger partial charge on any atom is -0.355 e. The number of nitro benzene ring substituents is 1. The summed E-state index contributed by atoms with van der Waals surface area (Å²) in [5.41, 5.74) is 3.61. The molecule has 0 saturated heterocycles. The molecule has 0 aliphatic carbocycles. The fourth-order valence-corrected chi connectivity index (χ4v) is 1.89. The molecule has 0 aliphatic heterocycles. The summed E-state index contributed by atoms with van der Waals surface area (Å²) in [7, 11) is 0. The van der Waals surface area contributed by atoms with Crippen LogP contribution in [0.4, 0.5) is 17.1 Å². The van der Waals surface area contributed by atoms with Crippen LogP contribution >= 0.6 is 0 Å². The number of rotatable bonds is 3. The van der Waals surface area contributed by atoms with Gasteiger partial charge in [-0.2, -0.15) is 5.26 Å². The molecule has 0 amide bonds. The van der Waals surface area contributed by atoms with Crippen LogP contribution in [0.5, 0.6) is 0 Å². The Morgan fingerprint density at radius 1 is 1.20 bits per heavy atom. The van der Waals surface area contributed by atoms with Crippen molar-refractivity contribution in [1.82, 2.24) is 0 Å². The molecule has 0 spiro atoms. The minimum absolute atomic E-state index is 0.0466. The van der Waals surface area contributed by atoms with Crippen LogP contribution in [0.15, 0.2) is 36.4 Å². The third-order valence-corrected chi connectivity index (χ3v) is 2.99. The Balaban J connectivity index is 2.38. The van der Waals surface area contributed by atoms with E-state index in [2.05, 4.69) is 5.32 Å². The van der Waals surface area contributed by atoms with Crippen LogP contribution in [0, 0.1) is 35.3 Å². The summed E-state index contributed by atoms with van der Waals surface area (Å²) in [6.07, 6.45) is 0. The largest absolute Gasteiger partial charge is 0.355 e. The molecule has 0 unspecified atom stereocenters. The van der Waals surface area contributed by atoms with Gasteiger partial charge < -0.3 is 5.32 Å². The lowest BCUT2D eigenvalue weighted by Gasteiger charge is -2.10. The summed E-state index contributed by atoms with van der Waals surface area (Å²) in [5.74, 6) is 0. The van der Waals surface area contributed by atoms with Gasteiger partial charge in [0, 0.05) is 17.4 Å². The van der Waals surface area contributed by atoms with E-state index in [1.165, 1.54) is 12.1 Å². The molecule has 20 heavy (non-hydrogen) atoms. The van der Waals surface area contributed by atoms with Crippen molar-refractivity contribution in [2.75, 3.05) is 5.32 Å². The number of nitrogens with zero attached hydrogens (tertiary/aromatic N) is 2. The highest BCUT2D eigenvalue weighted by molar-refractivity contribution is 5.67. The summed E-state index contributed by atoms with van der Waals surface area (Å²) in [6, 6.07) is 12.3. The maximum atomic E-state index is 10.8. The van der Waals surface area contributed by atoms with E-state index >= 15 is 0 Å². The molecule has 2 aromatic rings. The number of nitriles is 1. The SMILES string of the molecule is Cc1ccc(C)c(Nc2ccc([N+](=O)[O-])c(C#N)c2)c1. The molecule has 2 rings (SSSR count). The van der Waals surface area contributed by atoms with Crippen molar-refractivity contribution >= 4 is 17.1 Å². The molecule has 0 aromatic heterocycles. The summed E-state index contributed by atoms with van der Waals surface area (Å²) in [5, 5.41) is 22.9. The number of nitrogens with one attached hydrogen (secondary N) is 1. The Hall–Kier alpha value is -2.87. The lowest BCUT2D eigenvalue weighted by Crippen LogP contribution is -1.97. The first-order valence-corrected chi connectivity index (χ1v) is 6.04. The van der Waals surface area contributed by atoms with Gasteiger partial charge in [-0.25, -0.2) is 0 Å². The van der Waals surface area contributed by atoms with Gasteiger partial charge in [-0.15, -0.1) is 0 Å². The third kappa shape index (κ3) is 2.75. The number of hydrogen-bond donors (Lipinski definition) is 1. The molecule has 2 aromatic carbocycles. The molecule has 0 fully saturated rings. The lowest BCUT2D eigenvalue weighted by molar-refractivity contribution is -0.385. The number of hydrogen-bond acceptors (Lipinski definition) is 4. The van der Waals surface area contributed by atoms with Gasteiger partial charge >= 0.3 is 0 Å². The molecule has 100 valence electrons. The van der Waals surface area contributed by atoms with Crippen LogP contribution in [-0.2, 0) is 0 Å². The third-order valence-electron chi connectivity index (χ3n) is 2.99. The van der Waals surface area contributed by atoms with Crippen LogP contribution in [0.25, 0.3) is 0 Å². The molecule has 0 bridgehead atoms. The van der Waals surface area contributed by atoms with E-state index in [1.54, 1.807) is 6.07 Å². The normalized spacial score (nSPS) is 9.85. The molecule has 5 nitrogen and oxygen atoms in total. The van der Waals surface area contributed by atoms with Crippen molar-refractivity contribution in [3.63, 3.8) is 0 Å². The zero-order chi connectivity index (χ0) is 14.7. The van der Waals surface area contributed by atoms with Gasteiger partial charge in [0.25, 0.3) is 5.69 Å². The molecular formula is C15H13N3O2. The van der Waals surface area contributed by atoms with Crippen molar-refractivity contribution in [2.45, 2.75) is 13.8 Å². The summed E-state index contributed by atoms with van der Waals surface area (Å²) < 4.78 is 0. The van der Waals surface area contributed by atoms with Crippen molar-refractivity contribution in [3.05, 3.63) is 63.2 Å². The molecule has 0 aliphatic rings. The summed E-state index contributed by atoms with van der Waals surface area (Å²) in [4.78, 5) is 10.2. The summed E-state index contributed by atoms with van der Waals surface area (Å²) >= 11 is 0. The van der Waals surface area contributed by atoms with Gasteiger partial charge in [-0.1, -0.05) is 12.1 Å². The van der Waals surface area contributed by atoms with E-state index < -0.39 is 4.92 Å². The highest BCUT2D eigenvalue weighted by Gasteiger charge is 2.13. The van der Waals surface area contributed by atoms with Gasteiger partial charge in [0.05, 0.1) is 4.92 Å². The quantitative estimate of drug-likeness (QED) is 0.677. The van der Waals surface area contributed by atoms with E-state index in [4.69, 9.17) is 5.26 Å². The molecular weight excluding hydrogens is 254 g/mol. The number of benzene rings is 2. The Labute approximate surface area is 116 Å². The van der Waals surface area contributed by atoms with Crippen molar-refractivity contribution in [1.29, 1.82) is 5.26 Å². The molecule has 0 atom stereocenters. The van der Waals surface area contributed by atoms with Gasteiger partial charge in [0.2, 0.25) is 0 Å². The van der Waals surface area contributed by atoms with Crippen LogP contribution in [0.3, 0.4) is 0 Å². The molecule has 0 saturated carbocycles. The average Bonchev–Trinajstić information content (AvgIpc) is 2.42. The fraction of sp³-hybridized carbons (Fsp3) is 0.133. The first-order chi connectivity index (χ1) is 9.51. The van der Waals surface area contributed by atoms with Crippen molar-refractivity contribution in [2.24, 2.45) is 0 Å². The predicted octanol–water partition coefficient (Wildman–Crippen LogP) is 3.83. The lowest BCUT2D eigenvalue weighted by atomic mass is 10.1. The fourth-order valence-electron chi connectivity index (χ4n) is 1.89. The summed E-state index contributed by atoms with van der Waals surface area (Å²) in [6.45, 7) is 3.96. The maximum absolute atomic E-state index is 10.8. The topological polar surface area (TPSA) is 79.0 Å². The van der Waals surface area contributed by atoms with E-state index in [-0.39, 0.29) is 11.3 Å². The zero-order valence-corrected chi connectivity index (χ0v) is 11.2. The standard InChI is InChI=1S/C15H13N3O2/c1-10-3-4-11(2)14(7-10)17-13-5-6-15(18(19)20)12(8-13)9-16/h3-8,17H,1-2H3. The Kier molecular flexibility index (Phi) is 3.67. The number of anilines is 2. The second kappa shape index (κ2) is 5.41. The minimum atomic E-state index is -0.555. The van der Waals surface area contributed by atoms with Crippen LogP contribution in [-0.4, -0.2) is 4.92 Å². The molecule has 1 N–H and O–H groups in total. The molecule has 0 heterocycles. The van der Waals surface area contributed by atoms with Gasteiger partial charge in [0.15, 0.2) is 0 Å². The van der Waals surface area contributed by atoms with E-state index in [9.17, 15) is 10.1 Å². The average molecular weight is 267 g/mol. The Morgan fingerprint density at radius 2 is 1.95 bits per heavy atom. The Bertz CT molecular complexity index is 718. The second-order valence-electron chi connectivity index (χ2n) is 4.54. The highest BCUT2D eigenvalue weighted by Crippen LogP contribution is 2.26. The number of nitro groups is 1. The first-order valence-electron chi connectivity index (χ1n) is 6.04. The van der Waals surface area contributed by atoms with Gasteiger partial charge in [0.1, 0.15) is 11.6 Å². The maximum Gasteiger partial charge on any atom is 0.287 e. The van der Waals surface area contributed by atoms with Gasteiger partial charge in [-0.05, 0) is 43.2 Å². The zero-order valence-electron chi connectivity index (χ0n) is 11.2. The predicted molar refractivity (Wildman–Crippen MR) is 77.0 cm³/mol. The van der Waals surface area contributed by atoms with Crippen molar-refractivity contribution < 1.29 is 4.92 Å². The monoisotopic (exact) mass is 267 g/mol. The smallest absolute Gasteiger partial charge is 0.287 e. The van der Waals surface area contributed by atoms with E-state index in [0.29, 0.717) is 5.69 Å². The highest BCUT2D eigenvalue weighted by atomic mass is 16.6. The van der Waals surface area contributed by atoms with E-state index in [0.717, 1.165) is 16.8 Å². The van der Waals surface area contributed by atoms with E-state index in [1.807, 2.05) is 38.1 Å². The molecule has 0 radical (unpaired) electrons. The Morgan fingerprint density at radius 3 is 2.60 bits per heavy atom.